The maximum atomic E-state index is 15.5. The van der Waals surface area contributed by atoms with Crippen LogP contribution in [-0.2, 0) is 41.7 Å². The highest BCUT2D eigenvalue weighted by molar-refractivity contribution is 7.92. The van der Waals surface area contributed by atoms with Crippen LogP contribution >= 0.6 is 0 Å². The number of hydrogen-bond donors (Lipinski definition) is 3. The average molecular weight is 853 g/mol. The summed E-state index contributed by atoms with van der Waals surface area (Å²) in [6.45, 7) is 11.5. The maximum Gasteiger partial charge on any atom is 0.425 e. The minimum absolute atomic E-state index is 0.0129. The van der Waals surface area contributed by atoms with Gasteiger partial charge < -0.3 is 30.0 Å². The molecular weight excluding hydrogens is 803 g/mol. The van der Waals surface area contributed by atoms with Gasteiger partial charge >= 0.3 is 18.2 Å². The Labute approximate surface area is 347 Å². The van der Waals surface area contributed by atoms with Crippen LogP contribution in [0.3, 0.4) is 0 Å². The normalized spacial score (nSPS) is 13.6. The van der Waals surface area contributed by atoms with Crippen molar-refractivity contribution in [3.05, 3.63) is 83.1 Å². The van der Waals surface area contributed by atoms with E-state index in [-0.39, 0.29) is 62.1 Å². The number of amides is 3. The molecule has 1 aliphatic rings. The number of imide groups is 1. The number of ether oxygens (including phenoxy) is 3. The fourth-order valence-electron chi connectivity index (χ4n) is 6.46. The van der Waals surface area contributed by atoms with Crippen molar-refractivity contribution in [1.82, 2.24) is 4.98 Å². The summed E-state index contributed by atoms with van der Waals surface area (Å²) in [5.74, 6) is -4.13. The fourth-order valence-corrected chi connectivity index (χ4v) is 8.36. The van der Waals surface area contributed by atoms with Gasteiger partial charge in [0.05, 0.1) is 23.5 Å². The van der Waals surface area contributed by atoms with Crippen molar-refractivity contribution in [3.8, 4) is 5.75 Å². The molecule has 0 aliphatic heterocycles. The number of methoxy groups -OCH3 is 1. The first-order valence-corrected chi connectivity index (χ1v) is 20.9. The Bertz CT molecular complexity index is 2400. The summed E-state index contributed by atoms with van der Waals surface area (Å²) >= 11 is 0. The molecule has 1 aliphatic carbocycles. The van der Waals surface area contributed by atoms with E-state index in [4.69, 9.17) is 14.2 Å². The number of pyridine rings is 1. The Hall–Kier alpha value is -5.84. The molecule has 0 spiro atoms. The second-order valence-corrected chi connectivity index (χ2v) is 18.7. The quantitative estimate of drug-likeness (QED) is 0.109. The van der Waals surface area contributed by atoms with E-state index < -0.39 is 62.8 Å². The van der Waals surface area contributed by atoms with Crippen molar-refractivity contribution in [2.24, 2.45) is 0 Å². The highest BCUT2D eigenvalue weighted by Gasteiger charge is 2.38. The smallest absolute Gasteiger partial charge is 0.425 e. The summed E-state index contributed by atoms with van der Waals surface area (Å²) in [4.78, 5) is 57.3. The third kappa shape index (κ3) is 10.9. The minimum atomic E-state index is -3.45. The maximum absolute atomic E-state index is 15.5. The van der Waals surface area contributed by atoms with Crippen LogP contribution in [0.25, 0.3) is 10.8 Å². The molecule has 1 saturated carbocycles. The summed E-state index contributed by atoms with van der Waals surface area (Å²) in [6.07, 6.45) is 0.744. The van der Waals surface area contributed by atoms with Gasteiger partial charge in [-0.2, -0.15) is 4.90 Å². The highest BCUT2D eigenvalue weighted by Crippen LogP contribution is 2.37. The summed E-state index contributed by atoms with van der Waals surface area (Å²) in [6, 6.07) is 9.41. The molecule has 3 amide bonds. The first kappa shape index (κ1) is 45.2. The van der Waals surface area contributed by atoms with Gasteiger partial charge in [0.15, 0.2) is 33.3 Å². The van der Waals surface area contributed by atoms with E-state index in [1.807, 2.05) is 6.92 Å². The van der Waals surface area contributed by atoms with Gasteiger partial charge in [0.2, 0.25) is 5.91 Å². The van der Waals surface area contributed by atoms with Crippen molar-refractivity contribution in [2.75, 3.05) is 22.6 Å². The lowest BCUT2D eigenvalue weighted by molar-refractivity contribution is -0.138. The number of aromatic nitrogens is 1. The zero-order valence-corrected chi connectivity index (χ0v) is 35.6. The third-order valence-electron chi connectivity index (χ3n) is 9.17. The number of nitrogens with zero attached hydrogens (tertiary/aromatic N) is 2. The molecule has 3 N–H and O–H groups in total. The molecule has 322 valence electrons. The Morgan fingerprint density at radius 2 is 1.50 bits per heavy atom. The van der Waals surface area contributed by atoms with Crippen LogP contribution in [-0.4, -0.2) is 66.1 Å². The number of hydrogen-bond acceptors (Lipinski definition) is 11. The number of carboxylic acid groups (broad SMARTS) is 1. The van der Waals surface area contributed by atoms with Crippen molar-refractivity contribution >= 4 is 61.9 Å². The molecule has 17 heteroatoms. The summed E-state index contributed by atoms with van der Waals surface area (Å²) in [5.41, 5.74) is -0.834. The van der Waals surface area contributed by atoms with Crippen LogP contribution in [0.1, 0.15) is 96.9 Å². The lowest BCUT2D eigenvalue weighted by atomic mass is 9.99. The number of benzene rings is 3. The SMILES string of the molecule is CCCc1cc(NC(=O)CCc2cc(C(Nc3ccc4c(N(C(=O)OC(C)(C)C)C(=O)OC(C)(C)C)ncc(F)c4c3)C(=O)O)cc(F)c2OC)ccc1S(=O)(=O)C1CC1. The number of aliphatic carboxylic acids is 1. The second kappa shape index (κ2) is 17.8. The average Bonchev–Trinajstić information content (AvgIpc) is 3.99. The predicted octanol–water partition coefficient (Wildman–Crippen LogP) is 8.90. The molecule has 14 nitrogen and oxygen atoms in total. The topological polar surface area (TPSA) is 191 Å². The monoisotopic (exact) mass is 852 g/mol. The molecule has 0 saturated heterocycles. The van der Waals surface area contributed by atoms with Crippen LogP contribution in [0.15, 0.2) is 59.6 Å². The molecular formula is C43H50F2N4O10S. The van der Waals surface area contributed by atoms with E-state index in [9.17, 15) is 32.7 Å². The molecule has 1 unspecified atom stereocenters. The molecule has 1 atom stereocenters. The van der Waals surface area contributed by atoms with Gasteiger partial charge in [0, 0.05) is 28.6 Å². The van der Waals surface area contributed by atoms with Crippen LogP contribution in [0.5, 0.6) is 5.75 Å². The molecule has 3 aromatic carbocycles. The molecule has 4 aromatic rings. The first-order chi connectivity index (χ1) is 28.0. The molecule has 0 bridgehead atoms. The van der Waals surface area contributed by atoms with E-state index in [0.29, 0.717) is 41.8 Å². The van der Waals surface area contributed by atoms with Gasteiger partial charge in [-0.05, 0) is 132 Å². The number of carboxylic acids is 1. The lowest BCUT2D eigenvalue weighted by Crippen LogP contribution is -2.44. The Balaban J connectivity index is 1.40. The number of aryl methyl sites for hydroxylation is 2. The first-order valence-electron chi connectivity index (χ1n) is 19.4. The zero-order chi connectivity index (χ0) is 44.3. The number of carbonyl (C=O) groups excluding carboxylic acids is 3. The van der Waals surface area contributed by atoms with E-state index >= 15 is 8.78 Å². The number of fused-ring (bicyclic) bond motifs is 1. The van der Waals surface area contributed by atoms with Gasteiger partial charge in [-0.15, -0.1) is 0 Å². The van der Waals surface area contributed by atoms with Crippen molar-refractivity contribution in [1.29, 1.82) is 0 Å². The van der Waals surface area contributed by atoms with Crippen LogP contribution in [0, 0.1) is 11.6 Å². The van der Waals surface area contributed by atoms with Gasteiger partial charge in [-0.3, -0.25) is 4.79 Å². The van der Waals surface area contributed by atoms with E-state index in [0.717, 1.165) is 12.3 Å². The van der Waals surface area contributed by atoms with Gasteiger partial charge in [0.1, 0.15) is 17.0 Å². The minimum Gasteiger partial charge on any atom is -0.493 e. The standard InChI is InChI=1S/C43H50F2N4O10S/c1-9-10-24-20-27(13-17-34(24)60(55,56)29-14-15-29)47-35(50)18-11-25-19-26(21-32(44)37(25)57-8)36(39(51)52)48-28-12-16-30-31(22-28)33(45)23-46-38(30)49(40(53)58-42(2,3)4)41(54)59-43(5,6)7/h12-13,16-17,19-23,29,36,48H,9-11,14-15,18H2,1-8H3,(H,47,50)(H,51,52). The number of anilines is 3. The van der Waals surface area contributed by atoms with E-state index in [1.54, 1.807) is 47.6 Å². The molecule has 0 radical (unpaired) electrons. The Kier molecular flexibility index (Phi) is 13.4. The van der Waals surface area contributed by atoms with Crippen LogP contribution < -0.4 is 20.3 Å². The van der Waals surface area contributed by atoms with Crippen LogP contribution in [0.2, 0.25) is 0 Å². The molecule has 1 fully saturated rings. The number of halogens is 2. The largest absolute Gasteiger partial charge is 0.493 e. The second-order valence-electron chi connectivity index (χ2n) is 16.5. The third-order valence-corrected chi connectivity index (χ3v) is 11.5. The van der Waals surface area contributed by atoms with Gasteiger partial charge in [-0.25, -0.2) is 36.6 Å². The lowest BCUT2D eigenvalue weighted by Gasteiger charge is -2.28. The van der Waals surface area contributed by atoms with Crippen LogP contribution in [0.4, 0.5) is 35.6 Å². The van der Waals surface area contributed by atoms with E-state index in [1.165, 1.54) is 43.5 Å². The van der Waals surface area contributed by atoms with Gasteiger partial charge in [-0.1, -0.05) is 13.3 Å². The predicted molar refractivity (Wildman–Crippen MR) is 221 cm³/mol. The summed E-state index contributed by atoms with van der Waals surface area (Å²) in [5, 5.41) is 15.3. The van der Waals surface area contributed by atoms with Gasteiger partial charge in [0.25, 0.3) is 0 Å². The Morgan fingerprint density at radius 1 is 0.867 bits per heavy atom. The highest BCUT2D eigenvalue weighted by atomic mass is 32.2. The number of rotatable bonds is 14. The number of sulfone groups is 1. The molecule has 60 heavy (non-hydrogen) atoms. The molecule has 1 heterocycles. The van der Waals surface area contributed by atoms with Crippen molar-refractivity contribution in [3.63, 3.8) is 0 Å². The number of carbonyl (C=O) groups is 4. The fraction of sp³-hybridized carbons (Fsp3) is 0.419. The number of nitrogens with one attached hydrogen (secondary N) is 2. The molecule has 5 rings (SSSR count). The van der Waals surface area contributed by atoms with Crippen molar-refractivity contribution < 1.29 is 55.7 Å². The summed E-state index contributed by atoms with van der Waals surface area (Å²) < 4.78 is 73.1. The van der Waals surface area contributed by atoms with Crippen molar-refractivity contribution in [2.45, 2.75) is 114 Å². The Morgan fingerprint density at radius 3 is 2.07 bits per heavy atom. The zero-order valence-electron chi connectivity index (χ0n) is 34.8. The molecule has 1 aromatic heterocycles. The van der Waals surface area contributed by atoms with E-state index in [2.05, 4.69) is 15.6 Å². The summed E-state index contributed by atoms with van der Waals surface area (Å²) in [7, 11) is -2.22.